The zero-order chi connectivity index (χ0) is 18.4. The molecule has 1 N–H and O–H groups in total. The molecule has 0 saturated carbocycles. The van der Waals surface area contributed by atoms with E-state index in [0.717, 1.165) is 23.5 Å². The van der Waals surface area contributed by atoms with Crippen LogP contribution in [0.25, 0.3) is 0 Å². The number of amides is 1. The normalized spacial score (nSPS) is 15.1. The Kier molecular flexibility index (Phi) is 6.34. The Morgan fingerprint density at radius 3 is 2.50 bits per heavy atom. The SMILES string of the molecule is O=C(NCCSc1ccccc1)c1cccc(S(=O)(=O)N2CCCC2)c1. The van der Waals surface area contributed by atoms with E-state index in [-0.39, 0.29) is 10.8 Å². The van der Waals surface area contributed by atoms with Crippen LogP contribution in [-0.4, -0.2) is 44.0 Å². The Hall–Kier alpha value is -1.83. The number of rotatable bonds is 7. The number of hydrogen-bond acceptors (Lipinski definition) is 4. The van der Waals surface area contributed by atoms with Crippen molar-refractivity contribution in [2.24, 2.45) is 0 Å². The van der Waals surface area contributed by atoms with Gasteiger partial charge in [0.15, 0.2) is 0 Å². The molecule has 0 radical (unpaired) electrons. The minimum absolute atomic E-state index is 0.186. The second kappa shape index (κ2) is 8.70. The third-order valence-corrected chi connectivity index (χ3v) is 7.11. The van der Waals surface area contributed by atoms with E-state index in [2.05, 4.69) is 5.32 Å². The van der Waals surface area contributed by atoms with Crippen molar-refractivity contribution in [2.45, 2.75) is 22.6 Å². The molecule has 2 aromatic carbocycles. The van der Waals surface area contributed by atoms with Crippen molar-refractivity contribution in [2.75, 3.05) is 25.4 Å². The number of carbonyl (C=O) groups excluding carboxylic acids is 1. The Morgan fingerprint density at radius 2 is 1.77 bits per heavy atom. The molecule has 1 saturated heterocycles. The summed E-state index contributed by atoms with van der Waals surface area (Å²) in [5.74, 6) is 0.499. The zero-order valence-corrected chi connectivity index (χ0v) is 16.1. The van der Waals surface area contributed by atoms with E-state index < -0.39 is 10.0 Å². The molecule has 1 amide bonds. The van der Waals surface area contributed by atoms with E-state index in [9.17, 15) is 13.2 Å². The number of sulfonamides is 1. The van der Waals surface area contributed by atoms with Crippen LogP contribution in [0, 0.1) is 0 Å². The van der Waals surface area contributed by atoms with Gasteiger partial charge in [-0.3, -0.25) is 4.79 Å². The van der Waals surface area contributed by atoms with Crippen LogP contribution in [0.4, 0.5) is 0 Å². The van der Waals surface area contributed by atoms with Crippen molar-refractivity contribution >= 4 is 27.7 Å². The Labute approximate surface area is 158 Å². The fraction of sp³-hybridized carbons (Fsp3) is 0.316. The Morgan fingerprint density at radius 1 is 1.04 bits per heavy atom. The average Bonchev–Trinajstić information content (AvgIpc) is 3.22. The molecule has 1 aliphatic heterocycles. The van der Waals surface area contributed by atoms with Crippen LogP contribution in [-0.2, 0) is 10.0 Å². The standard InChI is InChI=1S/C19H22N2O3S2/c22-19(20-11-14-25-17-8-2-1-3-9-17)16-7-6-10-18(15-16)26(23,24)21-12-4-5-13-21/h1-3,6-10,15H,4-5,11-14H2,(H,20,22). The number of thioether (sulfide) groups is 1. The maximum atomic E-state index is 12.6. The minimum atomic E-state index is -3.51. The molecule has 0 aromatic heterocycles. The highest BCUT2D eigenvalue weighted by molar-refractivity contribution is 7.99. The van der Waals surface area contributed by atoms with Crippen LogP contribution >= 0.6 is 11.8 Å². The number of benzene rings is 2. The number of carbonyl (C=O) groups is 1. The first-order chi connectivity index (χ1) is 12.6. The van der Waals surface area contributed by atoms with Gasteiger partial charge in [0.2, 0.25) is 10.0 Å². The van der Waals surface area contributed by atoms with Crippen molar-refractivity contribution in [3.8, 4) is 0 Å². The third-order valence-electron chi connectivity index (χ3n) is 4.20. The molecule has 2 aromatic rings. The van der Waals surface area contributed by atoms with Crippen LogP contribution in [0.5, 0.6) is 0 Å². The molecule has 1 fully saturated rings. The first-order valence-electron chi connectivity index (χ1n) is 8.64. The lowest BCUT2D eigenvalue weighted by Gasteiger charge is -2.16. The maximum absolute atomic E-state index is 12.6. The van der Waals surface area contributed by atoms with Crippen LogP contribution in [0.3, 0.4) is 0 Å². The quantitative estimate of drug-likeness (QED) is 0.583. The van der Waals surface area contributed by atoms with E-state index in [1.165, 1.54) is 10.4 Å². The summed E-state index contributed by atoms with van der Waals surface area (Å²) in [4.78, 5) is 13.7. The van der Waals surface area contributed by atoms with E-state index in [0.29, 0.717) is 25.2 Å². The summed E-state index contributed by atoms with van der Waals surface area (Å²) in [6.45, 7) is 1.62. The number of nitrogens with zero attached hydrogens (tertiary/aromatic N) is 1. The second-order valence-corrected chi connectivity index (χ2v) is 9.16. The molecule has 0 unspecified atom stereocenters. The van der Waals surface area contributed by atoms with E-state index >= 15 is 0 Å². The minimum Gasteiger partial charge on any atom is -0.351 e. The lowest BCUT2D eigenvalue weighted by atomic mass is 10.2. The molecule has 7 heteroatoms. The molecule has 138 valence electrons. The van der Waals surface area contributed by atoms with E-state index in [1.807, 2.05) is 30.3 Å². The molecule has 0 atom stereocenters. The van der Waals surface area contributed by atoms with Gasteiger partial charge in [-0.1, -0.05) is 24.3 Å². The molecule has 3 rings (SSSR count). The van der Waals surface area contributed by atoms with Crippen LogP contribution in [0.15, 0.2) is 64.4 Å². The highest BCUT2D eigenvalue weighted by Gasteiger charge is 2.27. The third kappa shape index (κ3) is 4.66. The van der Waals surface area contributed by atoms with E-state index in [4.69, 9.17) is 0 Å². The van der Waals surface area contributed by atoms with Crippen LogP contribution < -0.4 is 5.32 Å². The monoisotopic (exact) mass is 390 g/mol. The van der Waals surface area contributed by atoms with Gasteiger partial charge in [-0.25, -0.2) is 8.42 Å². The molecule has 0 spiro atoms. The fourth-order valence-electron chi connectivity index (χ4n) is 2.83. The smallest absolute Gasteiger partial charge is 0.251 e. The topological polar surface area (TPSA) is 66.5 Å². The van der Waals surface area contributed by atoms with Crippen LogP contribution in [0.1, 0.15) is 23.2 Å². The fourth-order valence-corrected chi connectivity index (χ4v) is 5.18. The first kappa shape index (κ1) is 18.9. The second-order valence-electron chi connectivity index (χ2n) is 6.06. The van der Waals surface area contributed by atoms with Crippen LogP contribution in [0.2, 0.25) is 0 Å². The largest absolute Gasteiger partial charge is 0.351 e. The predicted octanol–water partition coefficient (Wildman–Crippen LogP) is 2.99. The van der Waals surface area contributed by atoms with Gasteiger partial charge in [0, 0.05) is 35.8 Å². The Bertz CT molecular complexity index is 848. The maximum Gasteiger partial charge on any atom is 0.251 e. The lowest BCUT2D eigenvalue weighted by molar-refractivity contribution is 0.0956. The summed E-state index contributed by atoms with van der Waals surface area (Å²) in [5.41, 5.74) is 0.370. The van der Waals surface area contributed by atoms with Gasteiger partial charge < -0.3 is 5.32 Å². The molecular weight excluding hydrogens is 368 g/mol. The van der Waals surface area contributed by atoms with Crippen molar-refractivity contribution < 1.29 is 13.2 Å². The molecule has 0 bridgehead atoms. The van der Waals surface area contributed by atoms with E-state index in [1.54, 1.807) is 30.0 Å². The highest BCUT2D eigenvalue weighted by Crippen LogP contribution is 2.21. The molecule has 26 heavy (non-hydrogen) atoms. The van der Waals surface area contributed by atoms with Gasteiger partial charge in [-0.05, 0) is 43.2 Å². The van der Waals surface area contributed by atoms with Gasteiger partial charge in [0.05, 0.1) is 4.90 Å². The van der Waals surface area contributed by atoms with Gasteiger partial charge in [-0.2, -0.15) is 4.31 Å². The predicted molar refractivity (Wildman–Crippen MR) is 104 cm³/mol. The molecule has 0 aliphatic carbocycles. The van der Waals surface area contributed by atoms with Crippen molar-refractivity contribution in [1.29, 1.82) is 0 Å². The van der Waals surface area contributed by atoms with Gasteiger partial charge in [-0.15, -0.1) is 11.8 Å². The summed E-state index contributed by atoms with van der Waals surface area (Å²) in [7, 11) is -3.51. The van der Waals surface area contributed by atoms with Gasteiger partial charge in [0.25, 0.3) is 5.91 Å². The average molecular weight is 391 g/mol. The van der Waals surface area contributed by atoms with Gasteiger partial charge in [0.1, 0.15) is 0 Å². The number of nitrogens with one attached hydrogen (secondary N) is 1. The molecule has 1 aliphatic rings. The summed E-state index contributed by atoms with van der Waals surface area (Å²) in [6.07, 6.45) is 1.77. The lowest BCUT2D eigenvalue weighted by Crippen LogP contribution is -2.29. The summed E-state index contributed by atoms with van der Waals surface area (Å²) in [5, 5.41) is 2.85. The van der Waals surface area contributed by atoms with Gasteiger partial charge >= 0.3 is 0 Å². The first-order valence-corrected chi connectivity index (χ1v) is 11.1. The zero-order valence-electron chi connectivity index (χ0n) is 14.4. The van der Waals surface area contributed by atoms with Crippen molar-refractivity contribution in [1.82, 2.24) is 9.62 Å². The van der Waals surface area contributed by atoms with Crippen molar-refractivity contribution in [3.63, 3.8) is 0 Å². The summed E-state index contributed by atoms with van der Waals surface area (Å²) < 4.78 is 26.7. The molecule has 5 nitrogen and oxygen atoms in total. The molecule has 1 heterocycles. The summed E-state index contributed by atoms with van der Waals surface area (Å²) in [6, 6.07) is 16.3. The summed E-state index contributed by atoms with van der Waals surface area (Å²) >= 11 is 1.66. The Balaban J connectivity index is 1.58. The van der Waals surface area contributed by atoms with Crippen molar-refractivity contribution in [3.05, 3.63) is 60.2 Å². The highest BCUT2D eigenvalue weighted by atomic mass is 32.2. The molecular formula is C19H22N2O3S2. The number of hydrogen-bond donors (Lipinski definition) is 1.